The number of sulfonamides is 1. The van der Waals surface area contributed by atoms with Crippen molar-refractivity contribution in [2.45, 2.75) is 11.8 Å². The molecule has 161 valence electrons. The molecule has 0 atom stereocenters. The Morgan fingerprint density at radius 3 is 2.37 bits per heavy atom. The fourth-order valence-corrected chi connectivity index (χ4v) is 3.79. The molecular formula is C17H15ClN6NiO2S3-. The summed E-state index contributed by atoms with van der Waals surface area (Å²) in [7, 11) is 0.516. The molecule has 2 aromatic rings. The number of hydrazone groups is 1. The number of anilines is 1. The first-order valence-electron chi connectivity index (χ1n) is 8.01. The van der Waals surface area contributed by atoms with Crippen LogP contribution in [0, 0.1) is 5.41 Å². The maximum absolute atomic E-state index is 11.2. The average Bonchev–Trinajstić information content (AvgIpc) is 3.04. The summed E-state index contributed by atoms with van der Waals surface area (Å²) in [6.45, 7) is 1.78. The second-order valence-electron chi connectivity index (χ2n) is 5.66. The van der Waals surface area contributed by atoms with Crippen molar-refractivity contribution in [1.29, 1.82) is 5.41 Å². The quantitative estimate of drug-likeness (QED) is 0.259. The Balaban J connectivity index is 0.00000155. The first kappa shape index (κ1) is 24.5. The summed E-state index contributed by atoms with van der Waals surface area (Å²) < 4.78 is 26.8. The van der Waals surface area contributed by atoms with E-state index in [0.29, 0.717) is 21.2 Å². The van der Waals surface area contributed by atoms with Crippen LogP contribution in [-0.2, 0) is 37.2 Å². The van der Waals surface area contributed by atoms with E-state index in [-0.39, 0.29) is 10.7 Å². The van der Waals surface area contributed by atoms with E-state index in [1.54, 1.807) is 6.92 Å². The van der Waals surface area contributed by atoms with E-state index in [9.17, 15) is 8.42 Å². The Hall–Kier alpha value is -1.82. The number of benzene rings is 2. The number of hydrogen-bond acceptors (Lipinski definition) is 8. The van der Waals surface area contributed by atoms with Gasteiger partial charge in [-0.2, -0.15) is 5.10 Å². The molecule has 0 saturated heterocycles. The fraction of sp³-hybridized carbons (Fsp3) is 0.0588. The number of nitrogens with one attached hydrogen (secondary N) is 1. The van der Waals surface area contributed by atoms with Crippen molar-refractivity contribution in [1.82, 2.24) is 0 Å². The molecule has 3 N–H and O–H groups in total. The zero-order valence-electron chi connectivity index (χ0n) is 15.3. The van der Waals surface area contributed by atoms with E-state index in [0.717, 1.165) is 17.6 Å². The maximum atomic E-state index is 11.2. The molecule has 0 fully saturated rings. The van der Waals surface area contributed by atoms with Gasteiger partial charge in [0.1, 0.15) is 0 Å². The van der Waals surface area contributed by atoms with Crippen molar-refractivity contribution in [2.75, 3.05) is 5.01 Å². The number of primary sulfonamides is 1. The van der Waals surface area contributed by atoms with E-state index < -0.39 is 10.0 Å². The third kappa shape index (κ3) is 6.10. The van der Waals surface area contributed by atoms with E-state index >= 15 is 0 Å². The molecule has 0 bridgehead atoms. The van der Waals surface area contributed by atoms with Gasteiger partial charge in [-0.25, -0.2) is 18.6 Å². The van der Waals surface area contributed by atoms with Gasteiger partial charge < -0.3 is 12.6 Å². The van der Waals surface area contributed by atoms with Crippen LogP contribution in [0.25, 0.3) is 0 Å². The van der Waals surface area contributed by atoms with Gasteiger partial charge in [0.05, 0.1) is 22.0 Å². The van der Waals surface area contributed by atoms with Gasteiger partial charge in [-0.1, -0.05) is 18.2 Å². The molecule has 1 aliphatic heterocycles. The Bertz CT molecular complexity index is 1110. The molecule has 0 spiro atoms. The molecule has 8 nitrogen and oxygen atoms in total. The fourth-order valence-electron chi connectivity index (χ4n) is 2.38. The number of nitrogens with two attached hydrogens (primary N) is 1. The summed E-state index contributed by atoms with van der Waals surface area (Å²) in [6.07, 6.45) is 0. The van der Waals surface area contributed by atoms with Gasteiger partial charge in [0, 0.05) is 17.5 Å². The first-order chi connectivity index (χ1) is 14.3. The predicted octanol–water partition coefficient (Wildman–Crippen LogP) is 4.38. The van der Waals surface area contributed by atoms with Crippen molar-refractivity contribution in [3.63, 3.8) is 0 Å². The van der Waals surface area contributed by atoms with Crippen LogP contribution in [0.15, 0.2) is 84.0 Å². The summed E-state index contributed by atoms with van der Waals surface area (Å²) in [5.74, 6) is 0.175. The number of para-hydroxylation sites is 1. The Morgan fingerprint density at radius 1 is 1.20 bits per heavy atom. The summed E-state index contributed by atoms with van der Waals surface area (Å²) in [5, 5.41) is 23.3. The molecule has 30 heavy (non-hydrogen) atoms. The molecule has 0 radical (unpaired) electrons. The van der Waals surface area contributed by atoms with Crippen LogP contribution in [-0.4, -0.2) is 20.0 Å². The first-order valence-corrected chi connectivity index (χ1v) is 12.1. The molecule has 0 aliphatic carbocycles. The van der Waals surface area contributed by atoms with Crippen molar-refractivity contribution in [3.05, 3.63) is 64.4 Å². The van der Waals surface area contributed by atoms with Gasteiger partial charge in [-0.15, -0.1) is 13.9 Å². The molecule has 1 heterocycles. The standard InChI is InChI=1S/C17H16N6O2S3.ClH.Ni/c1-11-15(16(18)23(21-11)13-5-3-2-4-6-13)17(26)27-22-20-12-7-9-14(10-8-12)28(19,24)25;;/h2-10,18,26H,1H3,(H2,19,24,25);1H;/q;;+1/p-2/b17-15-,18-16?,22-20?;;. The van der Waals surface area contributed by atoms with Crippen molar-refractivity contribution < 1.29 is 23.0 Å². The van der Waals surface area contributed by atoms with Gasteiger partial charge in [0.15, 0.2) is 5.84 Å². The minimum atomic E-state index is -3.75. The second kappa shape index (κ2) is 11.0. The zero-order valence-corrected chi connectivity index (χ0v) is 19.5. The van der Waals surface area contributed by atoms with Crippen LogP contribution in [0.3, 0.4) is 0 Å². The Labute approximate surface area is 196 Å². The van der Waals surface area contributed by atoms with E-state index in [4.69, 9.17) is 23.2 Å². The molecule has 0 amide bonds. The molecule has 0 unspecified atom stereocenters. The van der Waals surface area contributed by atoms with Crippen LogP contribution in [0.5, 0.6) is 0 Å². The van der Waals surface area contributed by atoms with Gasteiger partial charge in [0.2, 0.25) is 10.0 Å². The van der Waals surface area contributed by atoms with Crippen molar-refractivity contribution in [2.24, 2.45) is 19.9 Å². The van der Waals surface area contributed by atoms with Crippen LogP contribution >= 0.6 is 22.1 Å². The topological polar surface area (TPSA) is 124 Å². The number of rotatable bonds is 5. The van der Waals surface area contributed by atoms with E-state index in [1.807, 2.05) is 30.3 Å². The normalized spacial score (nSPS) is 15.7. The van der Waals surface area contributed by atoms with Crippen LogP contribution in [0.4, 0.5) is 11.4 Å². The van der Waals surface area contributed by atoms with Crippen LogP contribution in [0.2, 0.25) is 0 Å². The third-order valence-corrected chi connectivity index (χ3v) is 5.60. The van der Waals surface area contributed by atoms with Crippen LogP contribution in [0.1, 0.15) is 6.92 Å². The van der Waals surface area contributed by atoms with Gasteiger partial charge in [0.25, 0.3) is 0 Å². The minimum absolute atomic E-state index is 0.00239. The average molecular weight is 526 g/mol. The second-order valence-corrected chi connectivity index (χ2v) is 8.64. The molecule has 2 aromatic carbocycles. The van der Waals surface area contributed by atoms with Gasteiger partial charge in [-0.05, 0) is 43.3 Å². The molecular weight excluding hydrogens is 511 g/mol. The number of hydrogen-bond donors (Lipinski definition) is 2. The predicted molar refractivity (Wildman–Crippen MR) is 120 cm³/mol. The summed E-state index contributed by atoms with van der Waals surface area (Å²) in [4.78, 5) is -0.00239. The SMILES string of the molecule is CC1=NN(c2ccccc2)C(=N)/C1=C(/[S-])SN=Nc1ccc(S(N)(=O)=O)cc1.[Cl][Ni]. The summed E-state index contributed by atoms with van der Waals surface area (Å²) >= 11 is 9.68. The molecule has 0 aromatic heterocycles. The van der Waals surface area contributed by atoms with Crippen molar-refractivity contribution >= 4 is 67.7 Å². The number of nitrogens with zero attached hydrogens (tertiary/aromatic N) is 4. The Kier molecular flexibility index (Phi) is 8.96. The molecule has 13 heteroatoms. The summed E-state index contributed by atoms with van der Waals surface area (Å²) in [5.41, 5.74) is 2.36. The molecule has 1 aliphatic rings. The van der Waals surface area contributed by atoms with E-state index in [1.165, 1.54) is 29.3 Å². The third-order valence-electron chi connectivity index (χ3n) is 3.71. The van der Waals surface area contributed by atoms with Crippen molar-refractivity contribution in [3.8, 4) is 0 Å². The van der Waals surface area contributed by atoms with Crippen LogP contribution < -0.4 is 10.1 Å². The number of halogens is 1. The summed E-state index contributed by atoms with van der Waals surface area (Å²) in [6, 6.07) is 15.0. The van der Waals surface area contributed by atoms with Gasteiger partial charge in [-0.3, -0.25) is 5.41 Å². The zero-order chi connectivity index (χ0) is 22.3. The van der Waals surface area contributed by atoms with E-state index in [2.05, 4.69) is 39.5 Å². The molecule has 3 rings (SSSR count). The Morgan fingerprint density at radius 2 is 1.80 bits per heavy atom. The monoisotopic (exact) mass is 524 g/mol. The number of amidine groups is 1. The van der Waals surface area contributed by atoms with Gasteiger partial charge >= 0.3 is 24.8 Å². The molecule has 0 saturated carbocycles.